The van der Waals surface area contributed by atoms with E-state index in [0.29, 0.717) is 0 Å². The first-order chi connectivity index (χ1) is 16.8. The van der Waals surface area contributed by atoms with Crippen molar-refractivity contribution in [1.29, 1.82) is 0 Å². The molecule has 0 saturated heterocycles. The molecule has 3 nitrogen and oxygen atoms in total. The van der Waals surface area contributed by atoms with Crippen LogP contribution in [0, 0.1) is 0 Å². The van der Waals surface area contributed by atoms with Crippen molar-refractivity contribution in [3.63, 3.8) is 0 Å². The van der Waals surface area contributed by atoms with E-state index in [-0.39, 0.29) is 11.1 Å². The SMILES string of the molecule is CCCCCCCCCCCC(C)(C)NCCOCCNC(C)(C)CCCCCCCCCCC. The Kier molecular flexibility index (Phi) is 24.1. The van der Waals surface area contributed by atoms with Gasteiger partial charge in [-0.25, -0.2) is 0 Å². The maximum absolute atomic E-state index is 5.90. The van der Waals surface area contributed by atoms with Crippen molar-refractivity contribution < 1.29 is 4.74 Å². The molecule has 0 aliphatic rings. The van der Waals surface area contributed by atoms with E-state index in [9.17, 15) is 0 Å². The zero-order chi connectivity index (χ0) is 26.1. The topological polar surface area (TPSA) is 33.3 Å². The van der Waals surface area contributed by atoms with E-state index in [1.165, 1.54) is 128 Å². The lowest BCUT2D eigenvalue weighted by atomic mass is 9.96. The lowest BCUT2D eigenvalue weighted by molar-refractivity contribution is 0.124. The average molecular weight is 497 g/mol. The summed E-state index contributed by atoms with van der Waals surface area (Å²) in [5.41, 5.74) is 0.445. The molecule has 0 heterocycles. The summed E-state index contributed by atoms with van der Waals surface area (Å²) in [7, 11) is 0. The van der Waals surface area contributed by atoms with Gasteiger partial charge in [0.1, 0.15) is 0 Å². The molecule has 0 spiro atoms. The largest absolute Gasteiger partial charge is 0.379 e. The molecule has 3 heteroatoms. The summed E-state index contributed by atoms with van der Waals surface area (Å²) in [6, 6.07) is 0. The fraction of sp³-hybridized carbons (Fsp3) is 1.00. The van der Waals surface area contributed by atoms with E-state index in [0.717, 1.165) is 26.3 Å². The van der Waals surface area contributed by atoms with E-state index in [1.807, 2.05) is 0 Å². The highest BCUT2D eigenvalue weighted by Crippen LogP contribution is 2.17. The molecule has 0 aromatic heterocycles. The smallest absolute Gasteiger partial charge is 0.0591 e. The van der Waals surface area contributed by atoms with Crippen molar-refractivity contribution in [2.24, 2.45) is 0 Å². The Morgan fingerprint density at radius 1 is 0.429 bits per heavy atom. The zero-order valence-corrected chi connectivity index (χ0v) is 25.4. The van der Waals surface area contributed by atoms with Crippen LogP contribution in [0.15, 0.2) is 0 Å². The number of nitrogens with one attached hydrogen (secondary N) is 2. The molecular weight excluding hydrogens is 428 g/mol. The monoisotopic (exact) mass is 497 g/mol. The standard InChI is InChI=1S/C32H68N2O/c1-7-9-11-13-15-17-19-21-23-25-31(3,4)33-27-29-35-30-28-34-32(5,6)26-24-22-20-18-16-14-12-10-8-2/h33-34H,7-30H2,1-6H3. The van der Waals surface area contributed by atoms with Crippen LogP contribution in [0.25, 0.3) is 0 Å². The maximum Gasteiger partial charge on any atom is 0.0591 e. The summed E-state index contributed by atoms with van der Waals surface area (Å²) in [6.45, 7) is 17.5. The molecule has 212 valence electrons. The minimum Gasteiger partial charge on any atom is -0.379 e. The Bertz CT molecular complexity index is 384. The minimum absolute atomic E-state index is 0.222. The summed E-state index contributed by atoms with van der Waals surface area (Å²) in [4.78, 5) is 0. The highest BCUT2D eigenvalue weighted by Gasteiger charge is 2.17. The number of ether oxygens (including phenoxy) is 1. The second-order valence-electron chi connectivity index (χ2n) is 12.4. The molecule has 0 fully saturated rings. The quantitative estimate of drug-likeness (QED) is 0.106. The molecule has 0 aromatic rings. The Hall–Kier alpha value is -0.120. The third kappa shape index (κ3) is 26.7. The second-order valence-corrected chi connectivity index (χ2v) is 12.4. The van der Waals surface area contributed by atoms with Crippen molar-refractivity contribution in [1.82, 2.24) is 10.6 Å². The third-order valence-corrected chi connectivity index (χ3v) is 7.51. The minimum atomic E-state index is 0.222. The van der Waals surface area contributed by atoms with Crippen LogP contribution in [0.3, 0.4) is 0 Å². The van der Waals surface area contributed by atoms with Crippen LogP contribution in [0.2, 0.25) is 0 Å². The van der Waals surface area contributed by atoms with E-state index in [4.69, 9.17) is 4.74 Å². The van der Waals surface area contributed by atoms with Crippen LogP contribution in [0.4, 0.5) is 0 Å². The first-order valence-electron chi connectivity index (χ1n) is 15.9. The number of unbranched alkanes of at least 4 members (excludes halogenated alkanes) is 16. The molecule has 0 radical (unpaired) electrons. The molecule has 35 heavy (non-hydrogen) atoms. The summed E-state index contributed by atoms with van der Waals surface area (Å²) in [6.07, 6.45) is 27.8. The van der Waals surface area contributed by atoms with Crippen LogP contribution in [-0.4, -0.2) is 37.4 Å². The summed E-state index contributed by atoms with van der Waals surface area (Å²) < 4.78 is 5.90. The molecule has 0 amide bonds. The van der Waals surface area contributed by atoms with Gasteiger partial charge in [0.25, 0.3) is 0 Å². The number of hydrogen-bond donors (Lipinski definition) is 2. The average Bonchev–Trinajstić information content (AvgIpc) is 2.81. The molecule has 0 bridgehead atoms. The van der Waals surface area contributed by atoms with Gasteiger partial charge in [0.2, 0.25) is 0 Å². The second kappa shape index (κ2) is 24.2. The van der Waals surface area contributed by atoms with Crippen molar-refractivity contribution in [2.75, 3.05) is 26.3 Å². The van der Waals surface area contributed by atoms with Crippen LogP contribution in [0.1, 0.15) is 170 Å². The van der Waals surface area contributed by atoms with Crippen LogP contribution in [-0.2, 0) is 4.74 Å². The number of hydrogen-bond acceptors (Lipinski definition) is 3. The Balaban J connectivity index is 3.52. The lowest BCUT2D eigenvalue weighted by Gasteiger charge is -2.27. The van der Waals surface area contributed by atoms with Gasteiger partial charge in [0.15, 0.2) is 0 Å². The molecule has 0 atom stereocenters. The first-order valence-corrected chi connectivity index (χ1v) is 15.9. The highest BCUT2D eigenvalue weighted by atomic mass is 16.5. The first kappa shape index (κ1) is 34.9. The summed E-state index contributed by atoms with van der Waals surface area (Å²) in [5.74, 6) is 0. The van der Waals surface area contributed by atoms with Crippen LogP contribution in [0.5, 0.6) is 0 Å². The molecule has 0 rings (SSSR count). The van der Waals surface area contributed by atoms with E-state index in [2.05, 4.69) is 52.2 Å². The van der Waals surface area contributed by atoms with Gasteiger partial charge in [-0.2, -0.15) is 0 Å². The lowest BCUT2D eigenvalue weighted by Crippen LogP contribution is -2.42. The molecule has 0 aliphatic heterocycles. The number of rotatable bonds is 28. The van der Waals surface area contributed by atoms with Gasteiger partial charge < -0.3 is 15.4 Å². The van der Waals surface area contributed by atoms with Gasteiger partial charge in [-0.05, 0) is 40.5 Å². The van der Waals surface area contributed by atoms with Gasteiger partial charge in [0.05, 0.1) is 13.2 Å². The van der Waals surface area contributed by atoms with Crippen molar-refractivity contribution in [2.45, 2.75) is 181 Å². The molecule has 0 aromatic carbocycles. The van der Waals surface area contributed by atoms with Gasteiger partial charge >= 0.3 is 0 Å². The molecule has 0 aliphatic carbocycles. The van der Waals surface area contributed by atoms with Gasteiger partial charge in [-0.15, -0.1) is 0 Å². The predicted octanol–water partition coefficient (Wildman–Crippen LogP) is 9.58. The van der Waals surface area contributed by atoms with Crippen molar-refractivity contribution in [3.8, 4) is 0 Å². The van der Waals surface area contributed by atoms with E-state index < -0.39 is 0 Å². The zero-order valence-electron chi connectivity index (χ0n) is 25.4. The maximum atomic E-state index is 5.90. The van der Waals surface area contributed by atoms with Gasteiger partial charge in [0, 0.05) is 24.2 Å². The highest BCUT2D eigenvalue weighted by molar-refractivity contribution is 4.78. The van der Waals surface area contributed by atoms with E-state index in [1.54, 1.807) is 0 Å². The van der Waals surface area contributed by atoms with Gasteiger partial charge in [-0.1, -0.05) is 129 Å². The van der Waals surface area contributed by atoms with E-state index >= 15 is 0 Å². The Morgan fingerprint density at radius 2 is 0.714 bits per heavy atom. The Labute approximate surface area is 222 Å². The van der Waals surface area contributed by atoms with Gasteiger partial charge in [-0.3, -0.25) is 0 Å². The van der Waals surface area contributed by atoms with Crippen LogP contribution < -0.4 is 10.6 Å². The fourth-order valence-corrected chi connectivity index (χ4v) is 4.96. The third-order valence-electron chi connectivity index (χ3n) is 7.51. The van der Waals surface area contributed by atoms with Crippen molar-refractivity contribution in [3.05, 3.63) is 0 Å². The van der Waals surface area contributed by atoms with Crippen molar-refractivity contribution >= 4 is 0 Å². The molecule has 2 N–H and O–H groups in total. The molecular formula is C32H68N2O. The summed E-state index contributed by atoms with van der Waals surface area (Å²) in [5, 5.41) is 7.41. The predicted molar refractivity (Wildman–Crippen MR) is 159 cm³/mol. The molecule has 0 saturated carbocycles. The fourth-order valence-electron chi connectivity index (χ4n) is 4.96. The van der Waals surface area contributed by atoms with Crippen LogP contribution >= 0.6 is 0 Å². The normalized spacial score (nSPS) is 12.5. The summed E-state index contributed by atoms with van der Waals surface area (Å²) >= 11 is 0. The molecule has 0 unspecified atom stereocenters. The Morgan fingerprint density at radius 3 is 1.03 bits per heavy atom.